The molecule has 0 unspecified atom stereocenters. The minimum absolute atomic E-state index is 0.232. The highest BCUT2D eigenvalue weighted by Crippen LogP contribution is 2.03. The van der Waals surface area contributed by atoms with Gasteiger partial charge in [-0.1, -0.05) is 0 Å². The lowest BCUT2D eigenvalue weighted by molar-refractivity contribution is 0.437. The molecule has 62 valence electrons. The molecule has 8 heteroatoms. The molecule has 0 aliphatic heterocycles. The van der Waals surface area contributed by atoms with E-state index in [1.165, 1.54) is 0 Å². The van der Waals surface area contributed by atoms with Gasteiger partial charge in [-0.25, -0.2) is 0 Å². The van der Waals surface area contributed by atoms with Crippen LogP contribution in [0.3, 0.4) is 0 Å². The second kappa shape index (κ2) is 3.53. The normalized spacial score (nSPS) is 9.85. The molecule has 2 N–H and O–H groups in total. The quantitative estimate of drug-likeness (QED) is 0.396. The Hall–Kier alpha value is -0.785. The van der Waals surface area contributed by atoms with Gasteiger partial charge in [-0.05, 0) is 0 Å². The van der Waals surface area contributed by atoms with Crippen LogP contribution >= 0.6 is 0 Å². The number of hydrogen-bond donors (Lipinski definition) is 2. The van der Waals surface area contributed by atoms with Crippen molar-refractivity contribution in [2.75, 3.05) is 0 Å². The molecule has 0 atom stereocenters. The minimum Gasteiger partial charge on any atom is -0.495 e. The number of nitrogens with one attached hydrogen (secondary N) is 1. The zero-order chi connectivity index (χ0) is 10.2. The summed E-state index contributed by atoms with van der Waals surface area (Å²) in [5, 5.41) is 16.1. The number of rotatable bonds is 1. The van der Waals surface area contributed by atoms with Gasteiger partial charge in [0, 0.05) is 6.21 Å². The Morgan fingerprint density at radius 1 is 1.31 bits per heavy atom. The van der Waals surface area contributed by atoms with Gasteiger partial charge in [0.1, 0.15) is 5.56 Å². The van der Waals surface area contributed by atoms with Crippen molar-refractivity contribution in [3.05, 3.63) is 26.4 Å². The van der Waals surface area contributed by atoms with E-state index in [1.54, 1.807) is 0 Å². The molecule has 0 aromatic carbocycles. The van der Waals surface area contributed by atoms with Gasteiger partial charge < -0.3 is 17.6 Å². The fourth-order valence-corrected chi connectivity index (χ4v) is 1.44. The van der Waals surface area contributed by atoms with Crippen molar-refractivity contribution in [1.82, 2.24) is 7.10 Å². The van der Waals surface area contributed by atoms with E-state index in [1.807, 2.05) is 33.0 Å². The Bertz CT molecular complexity index is 475. The third-order valence-corrected chi connectivity index (χ3v) is 2.40. The number of hydrogen-bond acceptors (Lipinski definition) is 4. The van der Waals surface area contributed by atoms with Gasteiger partial charge in [0.05, 0.1) is 0 Å². The molecular formula is C5H3Al2N3O3. The SMILES string of the molecule is N=Cc1c(O)[n]([Al])c(=O)[n]([Al])c1=O. The summed E-state index contributed by atoms with van der Waals surface area (Å²) >= 11 is 3.85. The number of aromatic hydroxyl groups is 1. The lowest BCUT2D eigenvalue weighted by Gasteiger charge is -2.09. The van der Waals surface area contributed by atoms with Crippen LogP contribution in [0.25, 0.3) is 0 Å². The van der Waals surface area contributed by atoms with Gasteiger partial charge in [0.15, 0.2) is 5.88 Å². The molecule has 0 fully saturated rings. The molecule has 0 spiro atoms. The molecule has 0 aliphatic carbocycles. The van der Waals surface area contributed by atoms with Crippen LogP contribution in [0.4, 0.5) is 0 Å². The van der Waals surface area contributed by atoms with Gasteiger partial charge in [0.2, 0.25) is 5.56 Å². The maximum atomic E-state index is 11.2. The molecule has 13 heavy (non-hydrogen) atoms. The van der Waals surface area contributed by atoms with Gasteiger partial charge >= 0.3 is 33.0 Å². The Balaban J connectivity index is 3.88. The molecule has 1 aromatic heterocycles. The first-order valence-electron chi connectivity index (χ1n) is 3.12. The fourth-order valence-electron chi connectivity index (χ4n) is 0.775. The minimum atomic E-state index is -0.721. The van der Waals surface area contributed by atoms with Crippen LogP contribution in [0.2, 0.25) is 0 Å². The second-order valence-corrected chi connectivity index (χ2v) is 3.24. The van der Waals surface area contributed by atoms with Crippen LogP contribution in [-0.2, 0) is 0 Å². The molecule has 1 aromatic rings. The average Bonchev–Trinajstić information content (AvgIpc) is 2.13. The third kappa shape index (κ3) is 1.50. The molecular weight excluding hydrogens is 204 g/mol. The molecule has 1 rings (SSSR count). The first kappa shape index (κ1) is 10.3. The average molecular weight is 207 g/mol. The zero-order valence-electron chi connectivity index (χ0n) is 6.39. The van der Waals surface area contributed by atoms with Crippen LogP contribution in [0, 0.1) is 5.41 Å². The summed E-state index contributed by atoms with van der Waals surface area (Å²) in [7, 11) is 0. The summed E-state index contributed by atoms with van der Waals surface area (Å²) in [6.45, 7) is 0. The van der Waals surface area contributed by atoms with Gasteiger partial charge in [0.25, 0.3) is 5.69 Å². The van der Waals surface area contributed by atoms with Crippen molar-refractivity contribution in [1.29, 1.82) is 5.41 Å². The van der Waals surface area contributed by atoms with E-state index in [2.05, 4.69) is 0 Å². The first-order valence-corrected chi connectivity index (χ1v) is 4.15. The van der Waals surface area contributed by atoms with Crippen LogP contribution in [0.15, 0.2) is 9.59 Å². The Morgan fingerprint density at radius 3 is 2.31 bits per heavy atom. The van der Waals surface area contributed by atoms with Crippen molar-refractivity contribution in [3.8, 4) is 5.88 Å². The van der Waals surface area contributed by atoms with E-state index >= 15 is 0 Å². The molecule has 6 nitrogen and oxygen atoms in total. The van der Waals surface area contributed by atoms with Crippen LogP contribution in [0.5, 0.6) is 5.88 Å². The summed E-state index contributed by atoms with van der Waals surface area (Å²) < 4.78 is 1.53. The predicted molar refractivity (Wildman–Crippen MR) is 46.8 cm³/mol. The van der Waals surface area contributed by atoms with Crippen molar-refractivity contribution in [2.24, 2.45) is 0 Å². The summed E-state index contributed by atoms with van der Waals surface area (Å²) in [5.74, 6) is -0.534. The maximum absolute atomic E-state index is 11.2. The highest BCUT2D eigenvalue weighted by molar-refractivity contribution is 6.10. The number of aromatic nitrogens is 2. The Labute approximate surface area is 89.2 Å². The van der Waals surface area contributed by atoms with Crippen molar-refractivity contribution in [2.45, 2.75) is 0 Å². The summed E-state index contributed by atoms with van der Waals surface area (Å²) in [6.07, 6.45) is 0.693. The predicted octanol–water partition coefficient (Wildman–Crippen LogP) is -2.42. The molecule has 0 saturated heterocycles. The Kier molecular flexibility index (Phi) is 2.79. The third-order valence-electron chi connectivity index (χ3n) is 1.47. The second-order valence-electron chi connectivity index (χ2n) is 2.21. The Morgan fingerprint density at radius 2 is 1.85 bits per heavy atom. The monoisotopic (exact) mass is 207 g/mol. The van der Waals surface area contributed by atoms with E-state index in [4.69, 9.17) is 5.41 Å². The van der Waals surface area contributed by atoms with Gasteiger partial charge in [-0.15, -0.1) is 0 Å². The fraction of sp³-hybridized carbons (Fsp3) is 0. The lowest BCUT2D eigenvalue weighted by atomic mass is 10.3. The summed E-state index contributed by atoms with van der Waals surface area (Å²) in [4.78, 5) is 22.3. The first-order chi connectivity index (χ1) is 6.00. The van der Waals surface area contributed by atoms with Crippen LogP contribution in [0.1, 0.15) is 5.56 Å². The molecule has 0 aliphatic rings. The number of nitrogens with zero attached hydrogens (tertiary/aromatic N) is 2. The van der Waals surface area contributed by atoms with Crippen molar-refractivity contribution in [3.63, 3.8) is 0 Å². The highest BCUT2D eigenvalue weighted by Gasteiger charge is 2.09. The van der Waals surface area contributed by atoms with Gasteiger partial charge in [-0.2, -0.15) is 0 Å². The van der Waals surface area contributed by atoms with Gasteiger partial charge in [-0.3, -0.25) is 9.59 Å². The van der Waals surface area contributed by atoms with E-state index in [9.17, 15) is 14.7 Å². The van der Waals surface area contributed by atoms with E-state index in [-0.39, 0.29) is 5.56 Å². The van der Waals surface area contributed by atoms with Crippen molar-refractivity contribution >= 4 is 39.2 Å². The topological polar surface area (TPSA) is 88.1 Å². The van der Waals surface area contributed by atoms with Crippen molar-refractivity contribution < 1.29 is 5.11 Å². The molecule has 0 saturated carbocycles. The zero-order valence-corrected chi connectivity index (χ0v) is 8.70. The highest BCUT2D eigenvalue weighted by atomic mass is 27.1. The molecule has 0 amide bonds. The van der Waals surface area contributed by atoms with Crippen LogP contribution < -0.4 is 11.2 Å². The standard InChI is InChI=1S/C5H5N3O3.2Al/c6-1-2-3(9)7-5(11)8-4(2)10;;/h1H,(H4,6,7,8,9,10,11);;/q;2*+1/p-2. The summed E-state index contributed by atoms with van der Waals surface area (Å²) in [5.41, 5.74) is -1.64. The molecule has 4 radical (unpaired) electrons. The van der Waals surface area contributed by atoms with Crippen LogP contribution in [-0.4, -0.2) is 51.4 Å². The maximum Gasteiger partial charge on any atom is 0.331 e. The van der Waals surface area contributed by atoms with E-state index in [0.717, 1.165) is 7.10 Å². The smallest absolute Gasteiger partial charge is 0.331 e. The van der Waals surface area contributed by atoms with E-state index in [0.29, 0.717) is 6.21 Å². The molecule has 0 bridgehead atoms. The largest absolute Gasteiger partial charge is 0.495 e. The van der Waals surface area contributed by atoms with E-state index < -0.39 is 17.1 Å². The lowest BCUT2D eigenvalue weighted by Crippen LogP contribution is -2.40. The summed E-state index contributed by atoms with van der Waals surface area (Å²) in [6, 6.07) is 0. The molecule has 1 heterocycles.